The highest BCUT2D eigenvalue weighted by Gasteiger charge is 2.30. The highest BCUT2D eigenvalue weighted by molar-refractivity contribution is 7.12. The van der Waals surface area contributed by atoms with Gasteiger partial charge in [-0.1, -0.05) is 13.8 Å². The molecule has 19 heavy (non-hydrogen) atoms. The first-order valence-corrected chi connectivity index (χ1v) is 7.25. The second-order valence-corrected chi connectivity index (χ2v) is 5.83. The second-order valence-electron chi connectivity index (χ2n) is 4.49. The zero-order chi connectivity index (χ0) is 14.5. The average molecular weight is 294 g/mol. The molecular weight excluding hydrogens is 273 g/mol. The topological polar surface area (TPSA) is 15.3 Å². The average Bonchev–Trinajstić information content (AvgIpc) is 2.65. The van der Waals surface area contributed by atoms with Gasteiger partial charge in [-0.15, -0.1) is 11.3 Å². The molecule has 1 N–H and O–H groups in total. The second kappa shape index (κ2) is 7.26. The van der Waals surface area contributed by atoms with E-state index in [0.717, 1.165) is 23.5 Å². The number of alkyl halides is 3. The Morgan fingerprint density at radius 2 is 2.00 bits per heavy atom. The number of nitrogens with one attached hydrogen (secondary N) is 1. The Morgan fingerprint density at radius 1 is 1.32 bits per heavy atom. The van der Waals surface area contributed by atoms with Crippen LogP contribution in [0.4, 0.5) is 13.2 Å². The number of hydrogen-bond acceptors (Lipinski definition) is 3. The number of halogens is 3. The molecule has 0 amide bonds. The van der Waals surface area contributed by atoms with E-state index in [1.54, 1.807) is 18.3 Å². The lowest BCUT2D eigenvalue weighted by Crippen LogP contribution is -2.33. The molecule has 0 aliphatic rings. The van der Waals surface area contributed by atoms with Gasteiger partial charge >= 0.3 is 6.18 Å². The van der Waals surface area contributed by atoms with E-state index in [-0.39, 0.29) is 0 Å². The molecule has 1 rings (SSSR count). The highest BCUT2D eigenvalue weighted by Crippen LogP contribution is 2.24. The van der Waals surface area contributed by atoms with E-state index in [0.29, 0.717) is 13.1 Å². The zero-order valence-corrected chi connectivity index (χ0v) is 12.4. The van der Waals surface area contributed by atoms with E-state index in [1.807, 2.05) is 19.9 Å². The van der Waals surface area contributed by atoms with Crippen LogP contribution in [0.25, 0.3) is 0 Å². The van der Waals surface area contributed by atoms with Gasteiger partial charge in [-0.2, -0.15) is 13.2 Å². The van der Waals surface area contributed by atoms with Crippen LogP contribution in [0, 0.1) is 6.92 Å². The van der Waals surface area contributed by atoms with Crippen molar-refractivity contribution in [3.8, 4) is 0 Å². The van der Waals surface area contributed by atoms with Gasteiger partial charge in [-0.25, -0.2) is 0 Å². The molecule has 0 atom stereocenters. The molecule has 0 fully saturated rings. The number of thiophene rings is 1. The number of rotatable bonds is 7. The van der Waals surface area contributed by atoms with E-state index in [2.05, 4.69) is 5.32 Å². The Bertz CT molecular complexity index is 388. The summed E-state index contributed by atoms with van der Waals surface area (Å²) in [4.78, 5) is 3.71. The molecule has 1 heterocycles. The first-order valence-electron chi connectivity index (χ1n) is 6.43. The van der Waals surface area contributed by atoms with Gasteiger partial charge in [0.15, 0.2) is 0 Å². The van der Waals surface area contributed by atoms with E-state index < -0.39 is 12.7 Å². The van der Waals surface area contributed by atoms with E-state index in [4.69, 9.17) is 0 Å². The Hall–Kier alpha value is -0.590. The summed E-state index contributed by atoms with van der Waals surface area (Å²) in [5, 5.41) is 3.23. The first kappa shape index (κ1) is 16.5. The van der Waals surface area contributed by atoms with Gasteiger partial charge in [0.25, 0.3) is 0 Å². The predicted molar refractivity (Wildman–Crippen MR) is 73.4 cm³/mol. The maximum atomic E-state index is 12.4. The van der Waals surface area contributed by atoms with Crippen molar-refractivity contribution in [3.05, 3.63) is 21.4 Å². The van der Waals surface area contributed by atoms with Crippen LogP contribution in [0.5, 0.6) is 0 Å². The van der Waals surface area contributed by atoms with E-state index in [1.165, 1.54) is 9.78 Å². The van der Waals surface area contributed by atoms with Gasteiger partial charge < -0.3 is 5.32 Å². The fourth-order valence-corrected chi connectivity index (χ4v) is 2.88. The number of aryl methyl sites for hydroxylation is 1. The Kier molecular flexibility index (Phi) is 6.29. The summed E-state index contributed by atoms with van der Waals surface area (Å²) in [6.45, 7) is 7.35. The molecule has 6 heteroatoms. The summed E-state index contributed by atoms with van der Waals surface area (Å²) in [5.74, 6) is 0. The maximum absolute atomic E-state index is 12.4. The molecule has 110 valence electrons. The summed E-state index contributed by atoms with van der Waals surface area (Å²) in [7, 11) is 0. The fourth-order valence-electron chi connectivity index (χ4n) is 1.85. The standard InChI is InChI=1S/C13H21F3N2S/c1-4-17-7-12-6-11(10(3)19-12)8-18(5-2)9-13(14,15)16/h6,17H,4-5,7-9H2,1-3H3. The van der Waals surface area contributed by atoms with Crippen molar-refractivity contribution < 1.29 is 13.2 Å². The largest absolute Gasteiger partial charge is 0.401 e. The maximum Gasteiger partial charge on any atom is 0.401 e. The van der Waals surface area contributed by atoms with E-state index in [9.17, 15) is 13.2 Å². The van der Waals surface area contributed by atoms with Crippen molar-refractivity contribution in [2.45, 2.75) is 40.0 Å². The van der Waals surface area contributed by atoms with Crippen LogP contribution in [0.3, 0.4) is 0 Å². The molecule has 2 nitrogen and oxygen atoms in total. The molecule has 0 saturated heterocycles. The third-order valence-electron chi connectivity index (χ3n) is 2.86. The fraction of sp³-hybridized carbons (Fsp3) is 0.692. The van der Waals surface area contributed by atoms with Gasteiger partial charge in [0, 0.05) is 22.8 Å². The molecule has 0 aromatic carbocycles. The predicted octanol–water partition coefficient (Wildman–Crippen LogP) is 3.55. The lowest BCUT2D eigenvalue weighted by atomic mass is 10.2. The zero-order valence-electron chi connectivity index (χ0n) is 11.6. The first-order chi connectivity index (χ1) is 8.85. The minimum Gasteiger partial charge on any atom is -0.312 e. The van der Waals surface area contributed by atoms with Gasteiger partial charge in [0.1, 0.15) is 0 Å². The third kappa shape index (κ3) is 5.93. The van der Waals surface area contributed by atoms with Gasteiger partial charge in [-0.05, 0) is 31.6 Å². The molecule has 1 aromatic heterocycles. The van der Waals surface area contributed by atoms with Crippen molar-refractivity contribution in [2.24, 2.45) is 0 Å². The smallest absolute Gasteiger partial charge is 0.312 e. The number of hydrogen-bond donors (Lipinski definition) is 1. The lowest BCUT2D eigenvalue weighted by molar-refractivity contribution is -0.146. The molecule has 0 bridgehead atoms. The number of nitrogens with zero attached hydrogens (tertiary/aromatic N) is 1. The molecule has 0 saturated carbocycles. The monoisotopic (exact) mass is 294 g/mol. The van der Waals surface area contributed by atoms with Gasteiger partial charge in [0.2, 0.25) is 0 Å². The Morgan fingerprint density at radius 3 is 2.53 bits per heavy atom. The lowest BCUT2D eigenvalue weighted by Gasteiger charge is -2.21. The Balaban J connectivity index is 2.66. The molecule has 0 radical (unpaired) electrons. The van der Waals surface area contributed by atoms with Crippen LogP contribution in [0.15, 0.2) is 6.07 Å². The van der Waals surface area contributed by atoms with Crippen LogP contribution in [-0.4, -0.2) is 30.7 Å². The molecule has 0 spiro atoms. The van der Waals surface area contributed by atoms with Crippen LogP contribution >= 0.6 is 11.3 Å². The quantitative estimate of drug-likeness (QED) is 0.827. The van der Waals surface area contributed by atoms with Crippen molar-refractivity contribution in [3.63, 3.8) is 0 Å². The highest BCUT2D eigenvalue weighted by atomic mass is 32.1. The normalized spacial score (nSPS) is 12.4. The third-order valence-corrected chi connectivity index (χ3v) is 3.96. The summed E-state index contributed by atoms with van der Waals surface area (Å²) in [5.41, 5.74) is 1.00. The summed E-state index contributed by atoms with van der Waals surface area (Å²) < 4.78 is 37.3. The van der Waals surface area contributed by atoms with Gasteiger partial charge in [0.05, 0.1) is 6.54 Å². The SMILES string of the molecule is CCNCc1cc(CN(CC)CC(F)(F)F)c(C)s1. The molecular formula is C13H21F3N2S. The van der Waals surface area contributed by atoms with Crippen LogP contribution in [0.2, 0.25) is 0 Å². The van der Waals surface area contributed by atoms with Crippen LogP contribution in [-0.2, 0) is 13.1 Å². The van der Waals surface area contributed by atoms with Crippen molar-refractivity contribution in [1.82, 2.24) is 10.2 Å². The minimum atomic E-state index is -4.13. The molecule has 0 aliphatic heterocycles. The van der Waals surface area contributed by atoms with Crippen molar-refractivity contribution in [2.75, 3.05) is 19.6 Å². The molecule has 0 unspecified atom stereocenters. The van der Waals surface area contributed by atoms with Gasteiger partial charge in [-0.3, -0.25) is 4.90 Å². The minimum absolute atomic E-state index is 0.366. The van der Waals surface area contributed by atoms with Crippen molar-refractivity contribution >= 4 is 11.3 Å². The van der Waals surface area contributed by atoms with Crippen LogP contribution < -0.4 is 5.32 Å². The molecule has 1 aromatic rings. The Labute approximate surface area is 116 Å². The summed E-state index contributed by atoms with van der Waals surface area (Å²) in [6.07, 6.45) is -4.13. The van der Waals surface area contributed by atoms with E-state index >= 15 is 0 Å². The summed E-state index contributed by atoms with van der Waals surface area (Å²) in [6, 6.07) is 2.02. The molecule has 0 aliphatic carbocycles. The van der Waals surface area contributed by atoms with Crippen LogP contribution in [0.1, 0.15) is 29.2 Å². The van der Waals surface area contributed by atoms with Crippen molar-refractivity contribution in [1.29, 1.82) is 0 Å². The summed E-state index contributed by atoms with van der Waals surface area (Å²) >= 11 is 1.65.